The van der Waals surface area contributed by atoms with Crippen LogP contribution in [0.1, 0.15) is 11.1 Å². The summed E-state index contributed by atoms with van der Waals surface area (Å²) in [6.45, 7) is 8.03. The molecule has 1 fully saturated rings. The van der Waals surface area contributed by atoms with Gasteiger partial charge in [-0.1, -0.05) is 41.4 Å². The summed E-state index contributed by atoms with van der Waals surface area (Å²) >= 11 is 7.88. The summed E-state index contributed by atoms with van der Waals surface area (Å²) in [5, 5.41) is 4.18. The first kappa shape index (κ1) is 19.3. The van der Waals surface area contributed by atoms with Crippen molar-refractivity contribution in [3.63, 3.8) is 0 Å². The van der Waals surface area contributed by atoms with Gasteiger partial charge in [-0.2, -0.15) is 0 Å². The number of rotatable bonds is 3. The lowest BCUT2D eigenvalue weighted by Crippen LogP contribution is -2.46. The number of benzene rings is 2. The summed E-state index contributed by atoms with van der Waals surface area (Å²) in [4.78, 5) is 15.1. The number of halogens is 1. The maximum atomic E-state index is 6.19. The highest BCUT2D eigenvalue weighted by atomic mass is 35.5. The molecule has 3 heterocycles. The maximum absolute atomic E-state index is 6.19. The SMILES string of the molecule is Cc1ccc(-c2csc3ncnc(N4CCN(c5cccc(Cl)c5)CC4)c23)c(C)c1. The second kappa shape index (κ2) is 7.89. The second-order valence-corrected chi connectivity index (χ2v) is 9.09. The fourth-order valence-corrected chi connectivity index (χ4v) is 5.35. The van der Waals surface area contributed by atoms with Crippen LogP contribution in [0.4, 0.5) is 11.5 Å². The number of hydrogen-bond acceptors (Lipinski definition) is 5. The van der Waals surface area contributed by atoms with Gasteiger partial charge < -0.3 is 9.80 Å². The first-order chi connectivity index (χ1) is 14.6. The predicted octanol–water partition coefficient (Wildman–Crippen LogP) is 5.96. The van der Waals surface area contributed by atoms with Crippen molar-refractivity contribution < 1.29 is 0 Å². The number of hydrogen-bond donors (Lipinski definition) is 0. The molecule has 0 bridgehead atoms. The van der Waals surface area contributed by atoms with Gasteiger partial charge in [-0.3, -0.25) is 0 Å². The molecule has 0 spiro atoms. The van der Waals surface area contributed by atoms with Gasteiger partial charge in [0.15, 0.2) is 0 Å². The molecule has 0 N–H and O–H groups in total. The van der Waals surface area contributed by atoms with Crippen LogP contribution in [0.25, 0.3) is 21.3 Å². The van der Waals surface area contributed by atoms with Crippen molar-refractivity contribution in [1.29, 1.82) is 0 Å². The Balaban J connectivity index is 1.48. The third-order valence-corrected chi connectivity index (χ3v) is 6.90. The molecule has 1 aliphatic heterocycles. The van der Waals surface area contributed by atoms with E-state index in [0.29, 0.717) is 0 Å². The van der Waals surface area contributed by atoms with Crippen LogP contribution in [0.5, 0.6) is 0 Å². The zero-order valence-corrected chi connectivity index (χ0v) is 18.7. The van der Waals surface area contributed by atoms with Crippen LogP contribution < -0.4 is 9.80 Å². The first-order valence-electron chi connectivity index (χ1n) is 10.2. The van der Waals surface area contributed by atoms with Crippen LogP contribution in [-0.2, 0) is 0 Å². The van der Waals surface area contributed by atoms with Crippen molar-refractivity contribution >= 4 is 44.7 Å². The van der Waals surface area contributed by atoms with Crippen LogP contribution in [0.2, 0.25) is 5.02 Å². The summed E-state index contributed by atoms with van der Waals surface area (Å²) in [6, 6.07) is 14.7. The second-order valence-electron chi connectivity index (χ2n) is 7.80. The van der Waals surface area contributed by atoms with Crippen LogP contribution in [0.3, 0.4) is 0 Å². The molecule has 2 aromatic carbocycles. The quantitative estimate of drug-likeness (QED) is 0.398. The Hall–Kier alpha value is -2.63. The zero-order valence-electron chi connectivity index (χ0n) is 17.1. The number of fused-ring (bicyclic) bond motifs is 1. The molecule has 0 atom stereocenters. The van der Waals surface area contributed by atoms with E-state index in [4.69, 9.17) is 16.6 Å². The highest BCUT2D eigenvalue weighted by Gasteiger charge is 2.23. The largest absolute Gasteiger partial charge is 0.368 e. The van der Waals surface area contributed by atoms with E-state index in [-0.39, 0.29) is 0 Å². The molecule has 2 aromatic heterocycles. The molecule has 4 aromatic rings. The number of anilines is 2. The predicted molar refractivity (Wildman–Crippen MR) is 128 cm³/mol. The Morgan fingerprint density at radius 2 is 1.70 bits per heavy atom. The molecule has 1 aliphatic rings. The Kier molecular flexibility index (Phi) is 5.09. The molecule has 5 rings (SSSR count). The van der Waals surface area contributed by atoms with Crippen LogP contribution in [0, 0.1) is 13.8 Å². The molecular formula is C24H23ClN4S. The minimum Gasteiger partial charge on any atom is -0.368 e. The monoisotopic (exact) mass is 434 g/mol. The summed E-state index contributed by atoms with van der Waals surface area (Å²) < 4.78 is 0. The first-order valence-corrected chi connectivity index (χ1v) is 11.4. The van der Waals surface area contributed by atoms with Gasteiger partial charge in [-0.15, -0.1) is 11.3 Å². The minimum absolute atomic E-state index is 0.781. The van der Waals surface area contributed by atoms with Crippen molar-refractivity contribution in [2.24, 2.45) is 0 Å². The molecule has 0 unspecified atom stereocenters. The van der Waals surface area contributed by atoms with Gasteiger partial charge >= 0.3 is 0 Å². The Morgan fingerprint density at radius 1 is 0.900 bits per heavy atom. The van der Waals surface area contributed by atoms with E-state index in [9.17, 15) is 0 Å². The lowest BCUT2D eigenvalue weighted by atomic mass is 9.99. The van der Waals surface area contributed by atoms with E-state index in [1.54, 1.807) is 17.7 Å². The highest BCUT2D eigenvalue weighted by Crippen LogP contribution is 2.39. The minimum atomic E-state index is 0.781. The summed E-state index contributed by atoms with van der Waals surface area (Å²) in [6.07, 6.45) is 1.70. The van der Waals surface area contributed by atoms with Gasteiger partial charge in [-0.25, -0.2) is 9.97 Å². The fourth-order valence-electron chi connectivity index (χ4n) is 4.26. The van der Waals surface area contributed by atoms with Crippen molar-refractivity contribution in [1.82, 2.24) is 9.97 Å². The van der Waals surface area contributed by atoms with Gasteiger partial charge in [-0.05, 0) is 43.2 Å². The van der Waals surface area contributed by atoms with E-state index in [1.807, 2.05) is 18.2 Å². The number of nitrogens with zero attached hydrogens (tertiary/aromatic N) is 4. The number of aryl methyl sites for hydroxylation is 2. The molecule has 0 aliphatic carbocycles. The molecule has 0 radical (unpaired) electrons. The Morgan fingerprint density at radius 3 is 2.47 bits per heavy atom. The van der Waals surface area contributed by atoms with Gasteiger partial charge in [0.1, 0.15) is 17.0 Å². The van der Waals surface area contributed by atoms with Crippen molar-refractivity contribution in [3.8, 4) is 11.1 Å². The number of aromatic nitrogens is 2. The van der Waals surface area contributed by atoms with Crippen LogP contribution >= 0.6 is 22.9 Å². The van der Waals surface area contributed by atoms with Crippen molar-refractivity contribution in [2.75, 3.05) is 36.0 Å². The maximum Gasteiger partial charge on any atom is 0.141 e. The standard InChI is InChI=1S/C24H23ClN4S/c1-16-6-7-20(17(2)12-16)21-14-30-24-22(21)23(26-15-27-24)29-10-8-28(9-11-29)19-5-3-4-18(25)13-19/h3-7,12-15H,8-11H2,1-2H3. The smallest absolute Gasteiger partial charge is 0.141 e. The topological polar surface area (TPSA) is 32.3 Å². The van der Waals surface area contributed by atoms with Crippen LogP contribution in [0.15, 0.2) is 54.2 Å². The Labute approximate surface area is 185 Å². The molecule has 6 heteroatoms. The third kappa shape index (κ3) is 3.53. The molecule has 0 amide bonds. The molecule has 152 valence electrons. The zero-order chi connectivity index (χ0) is 20.7. The average molecular weight is 435 g/mol. The highest BCUT2D eigenvalue weighted by molar-refractivity contribution is 7.17. The summed E-state index contributed by atoms with van der Waals surface area (Å²) in [5.74, 6) is 1.04. The number of piperazine rings is 1. The van der Waals surface area contributed by atoms with E-state index in [1.165, 1.54) is 33.3 Å². The number of thiophene rings is 1. The van der Waals surface area contributed by atoms with E-state index in [2.05, 4.69) is 58.3 Å². The van der Waals surface area contributed by atoms with Gasteiger partial charge in [0.25, 0.3) is 0 Å². The van der Waals surface area contributed by atoms with Crippen LogP contribution in [-0.4, -0.2) is 36.1 Å². The van der Waals surface area contributed by atoms with E-state index < -0.39 is 0 Å². The Bertz CT molecular complexity index is 1210. The van der Waals surface area contributed by atoms with Gasteiger partial charge in [0.2, 0.25) is 0 Å². The molecular weight excluding hydrogens is 412 g/mol. The summed E-state index contributed by atoms with van der Waals surface area (Å²) in [7, 11) is 0. The fraction of sp³-hybridized carbons (Fsp3) is 0.250. The molecule has 30 heavy (non-hydrogen) atoms. The molecule has 1 saturated heterocycles. The summed E-state index contributed by atoms with van der Waals surface area (Å²) in [5.41, 5.74) is 6.25. The normalized spacial score (nSPS) is 14.5. The lowest BCUT2D eigenvalue weighted by Gasteiger charge is -2.37. The lowest BCUT2D eigenvalue weighted by molar-refractivity contribution is 0.649. The van der Waals surface area contributed by atoms with Crippen molar-refractivity contribution in [2.45, 2.75) is 13.8 Å². The third-order valence-electron chi connectivity index (χ3n) is 5.77. The van der Waals surface area contributed by atoms with Gasteiger partial charge in [0.05, 0.1) is 5.39 Å². The van der Waals surface area contributed by atoms with E-state index >= 15 is 0 Å². The van der Waals surface area contributed by atoms with Gasteiger partial charge in [0, 0.05) is 47.8 Å². The van der Waals surface area contributed by atoms with Crippen molar-refractivity contribution in [3.05, 3.63) is 70.3 Å². The average Bonchev–Trinajstić information content (AvgIpc) is 3.18. The van der Waals surface area contributed by atoms with E-state index in [0.717, 1.165) is 41.8 Å². The molecule has 0 saturated carbocycles. The molecule has 4 nitrogen and oxygen atoms in total.